The van der Waals surface area contributed by atoms with Crippen LogP contribution in [-0.2, 0) is 9.59 Å². The molecule has 0 saturated carbocycles. The summed E-state index contributed by atoms with van der Waals surface area (Å²) in [7, 11) is 1.54. The Balaban J connectivity index is 2.86. The largest absolute Gasteiger partial charge is 0.550 e. The molecule has 0 spiro atoms. The van der Waals surface area contributed by atoms with Crippen molar-refractivity contribution in [3.63, 3.8) is 0 Å². The van der Waals surface area contributed by atoms with E-state index in [0.29, 0.717) is 5.75 Å². The lowest BCUT2D eigenvalue weighted by molar-refractivity contribution is -0.306. The quantitative estimate of drug-likeness (QED) is 0.739. The van der Waals surface area contributed by atoms with E-state index in [-0.39, 0.29) is 12.8 Å². The van der Waals surface area contributed by atoms with Crippen LogP contribution < -0.4 is 15.6 Å². The third-order valence-electron chi connectivity index (χ3n) is 2.45. The second kappa shape index (κ2) is 5.89. The summed E-state index contributed by atoms with van der Waals surface area (Å²) < 4.78 is 4.99. The Labute approximate surface area is 99.2 Å². The Morgan fingerprint density at radius 1 is 1.29 bits per heavy atom. The van der Waals surface area contributed by atoms with Gasteiger partial charge < -0.3 is 20.4 Å². The lowest BCUT2D eigenvalue weighted by atomic mass is 9.92. The first kappa shape index (κ1) is 13.0. The monoisotopic (exact) mass is 236 g/mol. The molecule has 0 fully saturated rings. The van der Waals surface area contributed by atoms with Gasteiger partial charge in [-0.05, 0) is 30.0 Å². The number of carboxylic acid groups (broad SMARTS) is 1. The Morgan fingerprint density at radius 3 is 2.29 bits per heavy atom. The molecule has 5 heteroatoms. The standard InChI is InChI=1S/C12H15NO4/c1-17-10-4-2-8(3-5-10)9(6-11(13)14)7-12(15)16/h2-5,9H,6-7H2,1H3,(H2,13,14)(H,15,16)/p-1/t9-/m0/s1. The van der Waals surface area contributed by atoms with Gasteiger partial charge in [0.15, 0.2) is 0 Å². The van der Waals surface area contributed by atoms with Crippen molar-refractivity contribution in [2.75, 3.05) is 7.11 Å². The summed E-state index contributed by atoms with van der Waals surface area (Å²) >= 11 is 0. The Hall–Kier alpha value is -2.04. The summed E-state index contributed by atoms with van der Waals surface area (Å²) in [6.07, 6.45) is -0.240. The maximum atomic E-state index is 10.9. The Morgan fingerprint density at radius 2 is 1.88 bits per heavy atom. The van der Waals surface area contributed by atoms with Crippen LogP contribution in [-0.4, -0.2) is 19.0 Å². The minimum absolute atomic E-state index is 0.0136. The minimum atomic E-state index is -1.20. The highest BCUT2D eigenvalue weighted by molar-refractivity contribution is 5.76. The van der Waals surface area contributed by atoms with E-state index in [9.17, 15) is 14.7 Å². The van der Waals surface area contributed by atoms with E-state index in [4.69, 9.17) is 10.5 Å². The third kappa shape index (κ3) is 4.14. The number of methoxy groups -OCH3 is 1. The summed E-state index contributed by atoms with van der Waals surface area (Å²) in [5, 5.41) is 10.6. The summed E-state index contributed by atoms with van der Waals surface area (Å²) in [6.45, 7) is 0. The van der Waals surface area contributed by atoms with Crippen molar-refractivity contribution < 1.29 is 19.4 Å². The molecule has 0 saturated heterocycles. The van der Waals surface area contributed by atoms with Crippen LogP contribution in [0.3, 0.4) is 0 Å². The number of rotatable bonds is 6. The first-order valence-electron chi connectivity index (χ1n) is 5.15. The van der Waals surface area contributed by atoms with Crippen LogP contribution >= 0.6 is 0 Å². The van der Waals surface area contributed by atoms with Gasteiger partial charge in [0, 0.05) is 12.4 Å². The summed E-state index contributed by atoms with van der Waals surface area (Å²) in [4.78, 5) is 21.5. The number of amides is 1. The van der Waals surface area contributed by atoms with Gasteiger partial charge in [-0.25, -0.2) is 0 Å². The lowest BCUT2D eigenvalue weighted by Crippen LogP contribution is -2.26. The van der Waals surface area contributed by atoms with Gasteiger partial charge in [0.2, 0.25) is 5.91 Å². The fourth-order valence-electron chi connectivity index (χ4n) is 1.63. The summed E-state index contributed by atoms with van der Waals surface area (Å²) in [6, 6.07) is 6.85. The maximum absolute atomic E-state index is 10.9. The molecule has 5 nitrogen and oxygen atoms in total. The molecular formula is C12H14NO4-. The molecule has 0 aromatic heterocycles. The topological polar surface area (TPSA) is 92.5 Å². The molecule has 0 heterocycles. The van der Waals surface area contributed by atoms with Crippen LogP contribution in [0, 0.1) is 0 Å². The average Bonchev–Trinajstić information content (AvgIpc) is 2.27. The molecule has 92 valence electrons. The number of carbonyl (C=O) groups is 2. The van der Waals surface area contributed by atoms with Crippen molar-refractivity contribution in [2.24, 2.45) is 5.73 Å². The minimum Gasteiger partial charge on any atom is -0.550 e. The van der Waals surface area contributed by atoms with E-state index in [2.05, 4.69) is 0 Å². The molecule has 1 atom stereocenters. The normalized spacial score (nSPS) is 11.8. The SMILES string of the molecule is COc1ccc([C@@H](CC(N)=O)CC(=O)[O-])cc1. The van der Waals surface area contributed by atoms with E-state index in [1.807, 2.05) is 0 Å². The van der Waals surface area contributed by atoms with Crippen molar-refractivity contribution in [2.45, 2.75) is 18.8 Å². The number of hydrogen-bond acceptors (Lipinski definition) is 4. The first-order chi connectivity index (χ1) is 8.02. The number of nitrogens with two attached hydrogens (primary N) is 1. The van der Waals surface area contributed by atoms with E-state index in [0.717, 1.165) is 5.56 Å². The predicted octanol–water partition coefficient (Wildman–Crippen LogP) is -0.206. The first-order valence-corrected chi connectivity index (χ1v) is 5.15. The molecule has 0 aliphatic rings. The molecule has 0 bridgehead atoms. The average molecular weight is 236 g/mol. The molecule has 0 radical (unpaired) electrons. The molecular weight excluding hydrogens is 222 g/mol. The molecule has 1 aromatic carbocycles. The molecule has 0 unspecified atom stereocenters. The number of carbonyl (C=O) groups excluding carboxylic acids is 2. The summed E-state index contributed by atoms with van der Waals surface area (Å²) in [5.41, 5.74) is 5.82. The van der Waals surface area contributed by atoms with E-state index >= 15 is 0 Å². The summed E-state index contributed by atoms with van der Waals surface area (Å²) in [5.74, 6) is -1.53. The van der Waals surface area contributed by atoms with E-state index in [1.165, 1.54) is 7.11 Å². The number of ether oxygens (including phenoxy) is 1. The fourth-order valence-corrected chi connectivity index (χ4v) is 1.63. The van der Waals surface area contributed by atoms with Crippen LogP contribution in [0.25, 0.3) is 0 Å². The van der Waals surface area contributed by atoms with Crippen LogP contribution in [0.1, 0.15) is 24.3 Å². The molecule has 0 aliphatic carbocycles. The second-order valence-electron chi connectivity index (χ2n) is 3.72. The van der Waals surface area contributed by atoms with Gasteiger partial charge in [0.25, 0.3) is 0 Å². The fraction of sp³-hybridized carbons (Fsp3) is 0.333. The van der Waals surface area contributed by atoms with Crippen LogP contribution in [0.15, 0.2) is 24.3 Å². The number of primary amides is 1. The molecule has 1 amide bonds. The van der Waals surface area contributed by atoms with Crippen molar-refractivity contribution >= 4 is 11.9 Å². The molecule has 1 rings (SSSR count). The van der Waals surface area contributed by atoms with Gasteiger partial charge in [0.05, 0.1) is 7.11 Å². The molecule has 2 N–H and O–H groups in total. The van der Waals surface area contributed by atoms with Crippen molar-refractivity contribution in [3.05, 3.63) is 29.8 Å². The number of aliphatic carboxylic acids is 1. The van der Waals surface area contributed by atoms with Crippen molar-refractivity contribution in [1.82, 2.24) is 0 Å². The van der Waals surface area contributed by atoms with Gasteiger partial charge in [-0.3, -0.25) is 4.79 Å². The molecule has 1 aromatic rings. The second-order valence-corrected chi connectivity index (χ2v) is 3.72. The third-order valence-corrected chi connectivity index (χ3v) is 2.45. The zero-order chi connectivity index (χ0) is 12.8. The Bertz CT molecular complexity index is 383. The predicted molar refractivity (Wildman–Crippen MR) is 59.2 cm³/mol. The zero-order valence-electron chi connectivity index (χ0n) is 9.51. The van der Waals surface area contributed by atoms with Crippen molar-refractivity contribution in [1.29, 1.82) is 0 Å². The van der Waals surface area contributed by atoms with E-state index in [1.54, 1.807) is 24.3 Å². The van der Waals surface area contributed by atoms with Crippen molar-refractivity contribution in [3.8, 4) is 5.75 Å². The highest BCUT2D eigenvalue weighted by Crippen LogP contribution is 2.24. The number of benzene rings is 1. The van der Waals surface area contributed by atoms with Gasteiger partial charge >= 0.3 is 0 Å². The van der Waals surface area contributed by atoms with Gasteiger partial charge in [-0.1, -0.05) is 12.1 Å². The molecule has 17 heavy (non-hydrogen) atoms. The van der Waals surface area contributed by atoms with Crippen LogP contribution in [0.2, 0.25) is 0 Å². The number of carboxylic acids is 1. The van der Waals surface area contributed by atoms with Crippen LogP contribution in [0.4, 0.5) is 0 Å². The highest BCUT2D eigenvalue weighted by Gasteiger charge is 2.14. The number of hydrogen-bond donors (Lipinski definition) is 1. The van der Waals surface area contributed by atoms with Gasteiger partial charge in [-0.15, -0.1) is 0 Å². The lowest BCUT2D eigenvalue weighted by Gasteiger charge is -2.16. The van der Waals surface area contributed by atoms with Gasteiger partial charge in [-0.2, -0.15) is 0 Å². The van der Waals surface area contributed by atoms with Crippen LogP contribution in [0.5, 0.6) is 5.75 Å². The zero-order valence-corrected chi connectivity index (χ0v) is 9.51. The molecule has 0 aliphatic heterocycles. The highest BCUT2D eigenvalue weighted by atomic mass is 16.5. The smallest absolute Gasteiger partial charge is 0.218 e. The van der Waals surface area contributed by atoms with E-state index < -0.39 is 17.8 Å². The Kier molecular flexibility index (Phi) is 4.51. The maximum Gasteiger partial charge on any atom is 0.218 e. The van der Waals surface area contributed by atoms with Gasteiger partial charge in [0.1, 0.15) is 5.75 Å².